The summed E-state index contributed by atoms with van der Waals surface area (Å²) in [6.07, 6.45) is 2.52. The maximum Gasteiger partial charge on any atom is 0.323 e. The minimum atomic E-state index is -0.689. The third-order valence-corrected chi connectivity index (χ3v) is 2.94. The van der Waals surface area contributed by atoms with Crippen LogP contribution in [0.25, 0.3) is 0 Å². The number of hydrogen-bond donors (Lipinski definition) is 2. The second-order valence-electron chi connectivity index (χ2n) is 4.35. The summed E-state index contributed by atoms with van der Waals surface area (Å²) in [7, 11) is 0. The summed E-state index contributed by atoms with van der Waals surface area (Å²) in [5, 5.41) is 12.3. The Bertz CT molecular complexity index is 197. The van der Waals surface area contributed by atoms with Crippen molar-refractivity contribution in [2.75, 3.05) is 0 Å². The highest BCUT2D eigenvalue weighted by Crippen LogP contribution is 2.38. The number of rotatable bonds is 4. The summed E-state index contributed by atoms with van der Waals surface area (Å²) in [4.78, 5) is 11.0. The van der Waals surface area contributed by atoms with E-state index in [0.717, 1.165) is 19.3 Å². The van der Waals surface area contributed by atoms with E-state index in [2.05, 4.69) is 19.2 Å². The predicted molar refractivity (Wildman–Crippen MR) is 51.7 cm³/mol. The SMILES string of the molecule is CCC(C)NC1(C(=O)O)CC(C)C1. The first kappa shape index (κ1) is 10.5. The van der Waals surface area contributed by atoms with E-state index in [9.17, 15) is 4.79 Å². The normalized spacial score (nSPS) is 35.2. The van der Waals surface area contributed by atoms with Gasteiger partial charge in [-0.3, -0.25) is 10.1 Å². The molecule has 0 radical (unpaired) electrons. The van der Waals surface area contributed by atoms with Crippen LogP contribution in [0.2, 0.25) is 0 Å². The number of aliphatic carboxylic acids is 1. The molecule has 0 bridgehead atoms. The molecule has 1 atom stereocenters. The second kappa shape index (κ2) is 3.66. The van der Waals surface area contributed by atoms with Crippen LogP contribution >= 0.6 is 0 Å². The molecule has 0 aromatic rings. The fraction of sp³-hybridized carbons (Fsp3) is 0.900. The van der Waals surface area contributed by atoms with Crippen LogP contribution in [0.1, 0.15) is 40.0 Å². The Kier molecular flexibility index (Phi) is 2.96. The van der Waals surface area contributed by atoms with Gasteiger partial charge in [-0.2, -0.15) is 0 Å². The van der Waals surface area contributed by atoms with E-state index in [-0.39, 0.29) is 0 Å². The molecule has 1 fully saturated rings. The fourth-order valence-electron chi connectivity index (χ4n) is 2.06. The highest BCUT2D eigenvalue weighted by Gasteiger charge is 2.48. The summed E-state index contributed by atoms with van der Waals surface area (Å²) in [5.41, 5.74) is -0.616. The van der Waals surface area contributed by atoms with E-state index in [1.165, 1.54) is 0 Å². The van der Waals surface area contributed by atoms with E-state index >= 15 is 0 Å². The number of nitrogens with one attached hydrogen (secondary N) is 1. The summed E-state index contributed by atoms with van der Waals surface area (Å²) < 4.78 is 0. The molecular weight excluding hydrogens is 166 g/mol. The Hall–Kier alpha value is -0.570. The lowest BCUT2D eigenvalue weighted by Crippen LogP contribution is -2.62. The van der Waals surface area contributed by atoms with Crippen LogP contribution in [0, 0.1) is 5.92 Å². The van der Waals surface area contributed by atoms with Gasteiger partial charge in [0.25, 0.3) is 0 Å². The monoisotopic (exact) mass is 185 g/mol. The molecule has 0 aromatic carbocycles. The Morgan fingerprint density at radius 1 is 1.69 bits per heavy atom. The summed E-state index contributed by atoms with van der Waals surface area (Å²) in [6, 6.07) is 0.295. The van der Waals surface area contributed by atoms with Crippen LogP contribution in [0.5, 0.6) is 0 Å². The van der Waals surface area contributed by atoms with Gasteiger partial charge >= 0.3 is 5.97 Å². The Balaban J connectivity index is 2.55. The standard InChI is InChI=1S/C10H19NO2/c1-4-8(3)11-10(9(12)13)5-7(2)6-10/h7-8,11H,4-6H2,1-3H3,(H,12,13). The van der Waals surface area contributed by atoms with Gasteiger partial charge in [-0.05, 0) is 32.1 Å². The molecule has 0 aromatic heterocycles. The first-order valence-corrected chi connectivity index (χ1v) is 5.01. The van der Waals surface area contributed by atoms with E-state index in [1.807, 2.05) is 6.92 Å². The predicted octanol–water partition coefficient (Wildman–Crippen LogP) is 1.63. The van der Waals surface area contributed by atoms with Crippen LogP contribution in [-0.4, -0.2) is 22.7 Å². The van der Waals surface area contributed by atoms with E-state index in [1.54, 1.807) is 0 Å². The fourth-order valence-corrected chi connectivity index (χ4v) is 2.06. The third-order valence-electron chi connectivity index (χ3n) is 2.94. The van der Waals surface area contributed by atoms with E-state index in [0.29, 0.717) is 12.0 Å². The highest BCUT2D eigenvalue weighted by molar-refractivity contribution is 5.80. The minimum absolute atomic E-state index is 0.295. The largest absolute Gasteiger partial charge is 0.480 e. The van der Waals surface area contributed by atoms with Crippen molar-refractivity contribution in [2.24, 2.45) is 5.92 Å². The van der Waals surface area contributed by atoms with Crippen LogP contribution in [0.15, 0.2) is 0 Å². The van der Waals surface area contributed by atoms with Crippen molar-refractivity contribution in [3.8, 4) is 0 Å². The lowest BCUT2D eigenvalue weighted by Gasteiger charge is -2.45. The molecule has 2 N–H and O–H groups in total. The maximum atomic E-state index is 11.0. The van der Waals surface area contributed by atoms with Crippen LogP contribution in [0.4, 0.5) is 0 Å². The smallest absolute Gasteiger partial charge is 0.323 e. The third kappa shape index (κ3) is 2.02. The van der Waals surface area contributed by atoms with Gasteiger partial charge in [-0.1, -0.05) is 13.8 Å². The quantitative estimate of drug-likeness (QED) is 0.700. The maximum absolute atomic E-state index is 11.0. The highest BCUT2D eigenvalue weighted by atomic mass is 16.4. The first-order chi connectivity index (χ1) is 6.00. The van der Waals surface area contributed by atoms with Crippen molar-refractivity contribution in [1.82, 2.24) is 5.32 Å². The molecule has 0 saturated heterocycles. The molecule has 13 heavy (non-hydrogen) atoms. The molecule has 0 aliphatic heterocycles. The number of carbonyl (C=O) groups is 1. The van der Waals surface area contributed by atoms with Gasteiger partial charge in [-0.15, -0.1) is 0 Å². The molecule has 3 heteroatoms. The van der Waals surface area contributed by atoms with Gasteiger partial charge in [0.05, 0.1) is 0 Å². The number of hydrogen-bond acceptors (Lipinski definition) is 2. The van der Waals surface area contributed by atoms with Gasteiger partial charge in [0.15, 0.2) is 0 Å². The summed E-state index contributed by atoms with van der Waals surface area (Å²) in [6.45, 7) is 6.20. The molecule has 3 nitrogen and oxygen atoms in total. The topological polar surface area (TPSA) is 49.3 Å². The van der Waals surface area contributed by atoms with Crippen LogP contribution in [0.3, 0.4) is 0 Å². The van der Waals surface area contributed by atoms with Gasteiger partial charge in [0.2, 0.25) is 0 Å². The summed E-state index contributed by atoms with van der Waals surface area (Å²) in [5.74, 6) is -0.140. The molecule has 1 aliphatic rings. The lowest BCUT2D eigenvalue weighted by molar-refractivity contribution is -0.151. The Morgan fingerprint density at radius 2 is 2.23 bits per heavy atom. The molecule has 0 spiro atoms. The molecule has 76 valence electrons. The number of carboxylic acids is 1. The van der Waals surface area contributed by atoms with Crippen molar-refractivity contribution < 1.29 is 9.90 Å². The second-order valence-corrected chi connectivity index (χ2v) is 4.35. The average molecular weight is 185 g/mol. The molecule has 1 saturated carbocycles. The average Bonchev–Trinajstić information content (AvgIpc) is 2.00. The van der Waals surface area contributed by atoms with Crippen molar-refractivity contribution >= 4 is 5.97 Å². The molecular formula is C10H19NO2. The van der Waals surface area contributed by atoms with Crippen molar-refractivity contribution in [3.63, 3.8) is 0 Å². The van der Waals surface area contributed by atoms with Crippen molar-refractivity contribution in [1.29, 1.82) is 0 Å². The zero-order valence-electron chi connectivity index (χ0n) is 8.63. The zero-order chi connectivity index (χ0) is 10.1. The van der Waals surface area contributed by atoms with Crippen molar-refractivity contribution in [2.45, 2.75) is 51.6 Å². The molecule has 1 rings (SSSR count). The Labute approximate surface area is 79.5 Å². The molecule has 1 unspecified atom stereocenters. The molecule has 0 amide bonds. The van der Waals surface area contributed by atoms with Crippen LogP contribution in [-0.2, 0) is 4.79 Å². The molecule has 0 heterocycles. The van der Waals surface area contributed by atoms with Gasteiger partial charge in [0, 0.05) is 6.04 Å². The minimum Gasteiger partial charge on any atom is -0.480 e. The molecule has 1 aliphatic carbocycles. The van der Waals surface area contributed by atoms with E-state index < -0.39 is 11.5 Å². The summed E-state index contributed by atoms with van der Waals surface area (Å²) >= 11 is 0. The number of carboxylic acid groups (broad SMARTS) is 1. The lowest BCUT2D eigenvalue weighted by atomic mass is 9.69. The van der Waals surface area contributed by atoms with Crippen LogP contribution < -0.4 is 5.32 Å². The first-order valence-electron chi connectivity index (χ1n) is 5.01. The van der Waals surface area contributed by atoms with Gasteiger partial charge in [0.1, 0.15) is 5.54 Å². The Morgan fingerprint density at radius 3 is 2.54 bits per heavy atom. The zero-order valence-corrected chi connectivity index (χ0v) is 8.63. The van der Waals surface area contributed by atoms with Gasteiger partial charge < -0.3 is 5.11 Å². The van der Waals surface area contributed by atoms with E-state index in [4.69, 9.17) is 5.11 Å². The van der Waals surface area contributed by atoms with Crippen molar-refractivity contribution in [3.05, 3.63) is 0 Å². The van der Waals surface area contributed by atoms with Gasteiger partial charge in [-0.25, -0.2) is 0 Å².